The van der Waals surface area contributed by atoms with Crippen LogP contribution in [0.4, 0.5) is 5.13 Å². The molecule has 0 aliphatic carbocycles. The Morgan fingerprint density at radius 2 is 1.97 bits per heavy atom. The van der Waals surface area contributed by atoms with Crippen LogP contribution in [0.15, 0.2) is 28.6 Å². The maximum atomic E-state index is 12.4. The second-order valence-electron chi connectivity index (χ2n) is 7.42. The summed E-state index contributed by atoms with van der Waals surface area (Å²) in [6.45, 7) is 7.48. The van der Waals surface area contributed by atoms with E-state index < -0.39 is 10.0 Å². The van der Waals surface area contributed by atoms with Gasteiger partial charge in [-0.15, -0.1) is 10.2 Å². The molecular formula is C19H27N5O3S2. The first-order valence-electron chi connectivity index (χ1n) is 9.77. The second-order valence-corrected chi connectivity index (χ2v) is 10.3. The molecule has 2 aromatic rings. The highest BCUT2D eigenvalue weighted by atomic mass is 32.2. The van der Waals surface area contributed by atoms with Crippen molar-refractivity contribution in [3.63, 3.8) is 0 Å². The molecule has 0 atom stereocenters. The Morgan fingerprint density at radius 3 is 2.69 bits per heavy atom. The van der Waals surface area contributed by atoms with Crippen molar-refractivity contribution in [3.05, 3.63) is 35.4 Å². The van der Waals surface area contributed by atoms with Gasteiger partial charge in [0.05, 0.1) is 0 Å². The number of carbonyl (C=O) groups is 1. The molecule has 10 heteroatoms. The third-order valence-electron chi connectivity index (χ3n) is 5.07. The number of nitrogens with zero attached hydrogens (tertiary/aromatic N) is 3. The third-order valence-corrected chi connectivity index (χ3v) is 7.73. The van der Waals surface area contributed by atoms with Gasteiger partial charge in [-0.2, -0.15) is 0 Å². The van der Waals surface area contributed by atoms with Crippen LogP contribution in [0.25, 0.3) is 0 Å². The lowest BCUT2D eigenvalue weighted by Crippen LogP contribution is -2.35. The SMILES string of the molecule is Cc1ccccc1C(=O)Nc1nnc(S(=O)(=O)NCCCN2CCC(C)CC2)s1. The lowest BCUT2D eigenvalue weighted by Gasteiger charge is -2.30. The molecule has 1 aromatic heterocycles. The van der Waals surface area contributed by atoms with Crippen LogP contribution < -0.4 is 10.0 Å². The van der Waals surface area contributed by atoms with Gasteiger partial charge in [0, 0.05) is 12.1 Å². The summed E-state index contributed by atoms with van der Waals surface area (Å²) < 4.78 is 27.3. The number of sulfonamides is 1. The molecule has 0 spiro atoms. The monoisotopic (exact) mass is 437 g/mol. The summed E-state index contributed by atoms with van der Waals surface area (Å²) in [6.07, 6.45) is 3.14. The van der Waals surface area contributed by atoms with Crippen LogP contribution >= 0.6 is 11.3 Å². The maximum Gasteiger partial charge on any atom is 0.269 e. The minimum Gasteiger partial charge on any atom is -0.303 e. The molecule has 3 rings (SSSR count). The molecule has 0 bridgehead atoms. The van der Waals surface area contributed by atoms with Gasteiger partial charge in [0.1, 0.15) is 0 Å². The predicted octanol–water partition coefficient (Wildman–Crippen LogP) is 2.50. The largest absolute Gasteiger partial charge is 0.303 e. The van der Waals surface area contributed by atoms with E-state index in [1.807, 2.05) is 19.1 Å². The van der Waals surface area contributed by atoms with Gasteiger partial charge >= 0.3 is 0 Å². The Kier molecular flexibility index (Phi) is 7.33. The quantitative estimate of drug-likeness (QED) is 0.486. The van der Waals surface area contributed by atoms with Crippen LogP contribution in [0.2, 0.25) is 0 Å². The van der Waals surface area contributed by atoms with Crippen molar-refractivity contribution in [3.8, 4) is 0 Å². The van der Waals surface area contributed by atoms with E-state index in [0.717, 1.165) is 48.9 Å². The summed E-state index contributed by atoms with van der Waals surface area (Å²) in [6, 6.07) is 7.15. The number of carbonyl (C=O) groups excluding carboxylic acids is 1. The van der Waals surface area contributed by atoms with Crippen molar-refractivity contribution in [2.75, 3.05) is 31.5 Å². The highest BCUT2D eigenvalue weighted by Crippen LogP contribution is 2.21. The van der Waals surface area contributed by atoms with Crippen molar-refractivity contribution >= 4 is 32.4 Å². The number of nitrogens with one attached hydrogen (secondary N) is 2. The zero-order chi connectivity index (χ0) is 20.9. The predicted molar refractivity (Wildman–Crippen MR) is 114 cm³/mol. The number of hydrogen-bond acceptors (Lipinski definition) is 7. The van der Waals surface area contributed by atoms with E-state index in [4.69, 9.17) is 0 Å². The summed E-state index contributed by atoms with van der Waals surface area (Å²) in [5, 5.41) is 10.3. The fourth-order valence-corrected chi connectivity index (χ4v) is 5.23. The number of anilines is 1. The van der Waals surface area contributed by atoms with Crippen LogP contribution in [0.1, 0.15) is 42.1 Å². The summed E-state index contributed by atoms with van der Waals surface area (Å²) >= 11 is 0.840. The number of likely N-dealkylation sites (tertiary alicyclic amines) is 1. The molecule has 2 N–H and O–H groups in total. The molecule has 29 heavy (non-hydrogen) atoms. The number of benzene rings is 1. The van der Waals surface area contributed by atoms with Crippen molar-refractivity contribution in [1.82, 2.24) is 19.8 Å². The van der Waals surface area contributed by atoms with Gasteiger partial charge in [-0.1, -0.05) is 36.5 Å². The molecule has 0 unspecified atom stereocenters. The Morgan fingerprint density at radius 1 is 1.24 bits per heavy atom. The smallest absolute Gasteiger partial charge is 0.269 e. The normalized spacial score (nSPS) is 16.1. The topological polar surface area (TPSA) is 104 Å². The minimum atomic E-state index is -3.73. The number of aryl methyl sites for hydroxylation is 1. The Balaban J connectivity index is 1.49. The van der Waals surface area contributed by atoms with E-state index in [-0.39, 0.29) is 15.4 Å². The fourth-order valence-electron chi connectivity index (χ4n) is 3.22. The molecule has 1 saturated heterocycles. The Bertz CT molecular complexity index is 937. The van der Waals surface area contributed by atoms with Gasteiger partial charge in [0.15, 0.2) is 0 Å². The summed E-state index contributed by atoms with van der Waals surface area (Å²) in [4.78, 5) is 14.7. The molecule has 1 amide bonds. The Hall–Kier alpha value is -1.88. The number of rotatable bonds is 8. The third kappa shape index (κ3) is 6.05. The molecule has 8 nitrogen and oxygen atoms in total. The molecule has 0 saturated carbocycles. The van der Waals surface area contributed by atoms with Gasteiger partial charge in [-0.3, -0.25) is 10.1 Å². The van der Waals surface area contributed by atoms with Crippen LogP contribution in [0.5, 0.6) is 0 Å². The van der Waals surface area contributed by atoms with Gasteiger partial charge in [0.2, 0.25) is 9.47 Å². The van der Waals surface area contributed by atoms with Crippen molar-refractivity contribution in [2.45, 2.75) is 37.4 Å². The fraction of sp³-hybridized carbons (Fsp3) is 0.526. The number of piperidine rings is 1. The second kappa shape index (κ2) is 9.75. The average Bonchev–Trinajstić information content (AvgIpc) is 3.16. The van der Waals surface area contributed by atoms with E-state index in [9.17, 15) is 13.2 Å². The van der Waals surface area contributed by atoms with E-state index in [1.165, 1.54) is 12.8 Å². The molecule has 158 valence electrons. The molecule has 0 radical (unpaired) electrons. The number of aromatic nitrogens is 2. The van der Waals surface area contributed by atoms with Crippen molar-refractivity contribution in [1.29, 1.82) is 0 Å². The van der Waals surface area contributed by atoms with E-state index in [1.54, 1.807) is 12.1 Å². The maximum absolute atomic E-state index is 12.4. The molecule has 1 aromatic carbocycles. The minimum absolute atomic E-state index is 0.149. The number of hydrogen-bond donors (Lipinski definition) is 2. The van der Waals surface area contributed by atoms with E-state index in [2.05, 4.69) is 32.1 Å². The molecule has 1 aliphatic heterocycles. The highest BCUT2D eigenvalue weighted by molar-refractivity contribution is 7.91. The van der Waals surface area contributed by atoms with Gasteiger partial charge in [-0.05, 0) is 63.4 Å². The molecule has 2 heterocycles. The molecule has 1 aliphatic rings. The lowest BCUT2D eigenvalue weighted by molar-refractivity contribution is 0.102. The zero-order valence-electron chi connectivity index (χ0n) is 16.7. The standard InChI is InChI=1S/C19H27N5O3S2/c1-14-8-12-24(13-9-14)11-5-10-20-29(26,27)19-23-22-18(28-19)21-17(25)16-7-4-3-6-15(16)2/h3-4,6-7,14,20H,5,8-13H2,1-2H3,(H,21,22,25). The van der Waals surface area contributed by atoms with Gasteiger partial charge in [0.25, 0.3) is 15.9 Å². The number of amides is 1. The van der Waals surface area contributed by atoms with E-state index in [0.29, 0.717) is 12.1 Å². The van der Waals surface area contributed by atoms with Gasteiger partial charge in [-0.25, -0.2) is 13.1 Å². The first-order chi connectivity index (χ1) is 13.8. The average molecular weight is 438 g/mol. The summed E-state index contributed by atoms with van der Waals surface area (Å²) in [5.74, 6) is 0.439. The molecular weight excluding hydrogens is 410 g/mol. The first kappa shape index (κ1) is 21.8. The van der Waals surface area contributed by atoms with Crippen LogP contribution in [-0.2, 0) is 10.0 Å². The van der Waals surface area contributed by atoms with Crippen molar-refractivity contribution < 1.29 is 13.2 Å². The highest BCUT2D eigenvalue weighted by Gasteiger charge is 2.21. The first-order valence-corrected chi connectivity index (χ1v) is 12.1. The van der Waals surface area contributed by atoms with Gasteiger partial charge < -0.3 is 4.90 Å². The summed E-state index contributed by atoms with van der Waals surface area (Å²) in [7, 11) is -3.73. The van der Waals surface area contributed by atoms with Crippen molar-refractivity contribution in [2.24, 2.45) is 5.92 Å². The van der Waals surface area contributed by atoms with Crippen LogP contribution in [-0.4, -0.2) is 55.6 Å². The Labute approximate surface area is 175 Å². The van der Waals surface area contributed by atoms with Crippen LogP contribution in [0.3, 0.4) is 0 Å². The van der Waals surface area contributed by atoms with Crippen LogP contribution in [0, 0.1) is 12.8 Å². The zero-order valence-corrected chi connectivity index (χ0v) is 18.4. The summed E-state index contributed by atoms with van der Waals surface area (Å²) in [5.41, 5.74) is 1.34. The lowest BCUT2D eigenvalue weighted by atomic mass is 9.99. The molecule has 1 fully saturated rings. The van der Waals surface area contributed by atoms with E-state index >= 15 is 0 Å².